The zero-order valence-corrected chi connectivity index (χ0v) is 27.7. The second-order valence-electron chi connectivity index (χ2n) is 11.0. The minimum Gasteiger partial charge on any atom is -0.352 e. The highest BCUT2D eigenvalue weighted by atomic mass is 32.2. The Balaban J connectivity index is 2.77. The first kappa shape index (κ1) is 39.4. The van der Waals surface area contributed by atoms with Crippen molar-refractivity contribution in [3.8, 4) is 0 Å². The maximum Gasteiger partial charge on any atom is 0.312 e. The molecule has 13 nitrogen and oxygen atoms in total. The van der Waals surface area contributed by atoms with Gasteiger partial charge in [0, 0.05) is 31.5 Å². The van der Waals surface area contributed by atoms with Crippen LogP contribution in [0.3, 0.4) is 0 Å². The normalized spacial score (nSPS) is 12.1. The zero-order valence-electron chi connectivity index (χ0n) is 26.9. The number of carbonyl (C=O) groups excluding carboxylic acids is 6. The number of urea groups is 1. The standard InChI is InChI=1S/C31H50N6O7S/c1-5-6-7-8-12-26(39)37-44-20-22-15-17-23(18-16-22)34-29(41)24(11-10-19-33-31(32)43)35-30(42)28(21(2)3)36-25(38)13-9-14-27(40)45-4/h15-18,21,24,28H,5-14,19-20H2,1-4H3,(H,34,41)(H,35,42)(H,36,38)(H,37,39)(H3,32,33,43). The summed E-state index contributed by atoms with van der Waals surface area (Å²) in [6, 6.07) is 4.27. The van der Waals surface area contributed by atoms with Gasteiger partial charge in [-0.2, -0.15) is 0 Å². The highest BCUT2D eigenvalue weighted by molar-refractivity contribution is 8.13. The van der Waals surface area contributed by atoms with Crippen LogP contribution in [0.25, 0.3) is 0 Å². The third-order valence-electron chi connectivity index (χ3n) is 6.78. The fraction of sp³-hybridized carbons (Fsp3) is 0.613. The summed E-state index contributed by atoms with van der Waals surface area (Å²) in [5.74, 6) is -1.81. The first-order chi connectivity index (χ1) is 21.5. The van der Waals surface area contributed by atoms with E-state index in [-0.39, 0.29) is 55.3 Å². The van der Waals surface area contributed by atoms with Crippen molar-refractivity contribution in [3.05, 3.63) is 29.8 Å². The summed E-state index contributed by atoms with van der Waals surface area (Å²) in [5.41, 5.74) is 8.82. The first-order valence-electron chi connectivity index (χ1n) is 15.5. The second kappa shape index (κ2) is 22.8. The van der Waals surface area contributed by atoms with Crippen molar-refractivity contribution >= 4 is 52.2 Å². The molecule has 7 N–H and O–H groups in total. The Morgan fingerprint density at radius 1 is 0.844 bits per heavy atom. The Kier molecular flexibility index (Phi) is 19.9. The molecule has 2 atom stereocenters. The Bertz CT molecular complexity index is 1100. The summed E-state index contributed by atoms with van der Waals surface area (Å²) in [5, 5.41) is 10.7. The maximum absolute atomic E-state index is 13.3. The maximum atomic E-state index is 13.3. The highest BCUT2D eigenvalue weighted by Gasteiger charge is 2.28. The number of hydroxylamine groups is 1. The number of amides is 6. The van der Waals surface area contributed by atoms with Gasteiger partial charge in [0.15, 0.2) is 5.12 Å². The molecule has 0 aliphatic rings. The largest absolute Gasteiger partial charge is 0.352 e. The number of rotatable bonds is 22. The third kappa shape index (κ3) is 18.0. The molecule has 0 aliphatic carbocycles. The minimum absolute atomic E-state index is 0.0133. The van der Waals surface area contributed by atoms with E-state index in [4.69, 9.17) is 10.6 Å². The van der Waals surface area contributed by atoms with Crippen LogP contribution in [-0.4, -0.2) is 59.7 Å². The van der Waals surface area contributed by atoms with Crippen LogP contribution in [0.1, 0.15) is 90.5 Å². The average Bonchev–Trinajstić information content (AvgIpc) is 2.99. The molecule has 0 saturated heterocycles. The number of hydrogen-bond acceptors (Lipinski definition) is 8. The van der Waals surface area contributed by atoms with Crippen molar-refractivity contribution in [1.29, 1.82) is 0 Å². The van der Waals surface area contributed by atoms with Gasteiger partial charge >= 0.3 is 6.03 Å². The Labute approximate surface area is 270 Å². The number of nitrogens with two attached hydrogens (primary N) is 1. The molecule has 0 bridgehead atoms. The molecule has 14 heteroatoms. The van der Waals surface area contributed by atoms with Gasteiger partial charge in [0.25, 0.3) is 0 Å². The molecule has 45 heavy (non-hydrogen) atoms. The molecular weight excluding hydrogens is 600 g/mol. The van der Waals surface area contributed by atoms with Gasteiger partial charge in [-0.25, -0.2) is 10.3 Å². The van der Waals surface area contributed by atoms with Crippen LogP contribution in [0.4, 0.5) is 10.5 Å². The number of unbranched alkanes of at least 4 members (excludes halogenated alkanes) is 3. The topological polar surface area (TPSA) is 198 Å². The smallest absolute Gasteiger partial charge is 0.312 e. The number of thioether (sulfide) groups is 1. The fourth-order valence-corrected chi connectivity index (χ4v) is 4.55. The molecule has 0 radical (unpaired) electrons. The van der Waals surface area contributed by atoms with Crippen LogP contribution in [-0.2, 0) is 35.4 Å². The van der Waals surface area contributed by atoms with Gasteiger partial charge in [-0.1, -0.05) is 63.9 Å². The molecule has 0 spiro atoms. The number of primary amides is 1. The molecule has 0 saturated carbocycles. The van der Waals surface area contributed by atoms with Crippen LogP contribution in [0, 0.1) is 5.92 Å². The molecule has 0 aliphatic heterocycles. The summed E-state index contributed by atoms with van der Waals surface area (Å²) in [4.78, 5) is 78.7. The van der Waals surface area contributed by atoms with E-state index >= 15 is 0 Å². The predicted octanol–water partition coefficient (Wildman–Crippen LogP) is 3.28. The van der Waals surface area contributed by atoms with E-state index < -0.39 is 29.9 Å². The van der Waals surface area contributed by atoms with Crippen LogP contribution < -0.4 is 32.5 Å². The van der Waals surface area contributed by atoms with Crippen molar-refractivity contribution in [2.24, 2.45) is 11.7 Å². The number of nitrogens with one attached hydrogen (secondary N) is 5. The molecule has 252 valence electrons. The van der Waals surface area contributed by atoms with Crippen LogP contribution in [0.15, 0.2) is 24.3 Å². The van der Waals surface area contributed by atoms with Crippen LogP contribution in [0.5, 0.6) is 0 Å². The molecule has 0 heterocycles. The molecule has 2 unspecified atom stereocenters. The van der Waals surface area contributed by atoms with Crippen molar-refractivity contribution in [1.82, 2.24) is 21.4 Å². The summed E-state index contributed by atoms with van der Waals surface area (Å²) >= 11 is 1.11. The van der Waals surface area contributed by atoms with Gasteiger partial charge in [0.1, 0.15) is 12.1 Å². The molecule has 1 aromatic carbocycles. The Morgan fingerprint density at radius 3 is 2.16 bits per heavy atom. The molecular formula is C31H50N6O7S. The quantitative estimate of drug-likeness (QED) is 0.0812. The van der Waals surface area contributed by atoms with E-state index in [1.54, 1.807) is 44.4 Å². The average molecular weight is 651 g/mol. The van der Waals surface area contributed by atoms with E-state index in [0.29, 0.717) is 24.9 Å². The van der Waals surface area contributed by atoms with E-state index in [2.05, 4.69) is 33.7 Å². The van der Waals surface area contributed by atoms with Crippen molar-refractivity contribution in [2.45, 2.75) is 104 Å². The monoisotopic (exact) mass is 650 g/mol. The number of benzene rings is 1. The summed E-state index contributed by atoms with van der Waals surface area (Å²) in [6.07, 6.45) is 7.37. The summed E-state index contributed by atoms with van der Waals surface area (Å²) < 4.78 is 0. The summed E-state index contributed by atoms with van der Waals surface area (Å²) in [7, 11) is 0. The summed E-state index contributed by atoms with van der Waals surface area (Å²) in [6.45, 7) is 6.02. The number of anilines is 1. The predicted molar refractivity (Wildman–Crippen MR) is 175 cm³/mol. The van der Waals surface area contributed by atoms with Gasteiger partial charge in [-0.05, 0) is 55.6 Å². The van der Waals surface area contributed by atoms with Gasteiger partial charge in [0.05, 0.1) is 6.61 Å². The van der Waals surface area contributed by atoms with E-state index in [0.717, 1.165) is 43.0 Å². The SMILES string of the molecule is CCCCCCC(=O)NOCc1ccc(NC(=O)C(CCCNC(N)=O)NC(=O)C(NC(=O)CCCC(=O)SC)C(C)C)cc1. The number of hydrogen-bond donors (Lipinski definition) is 6. The lowest BCUT2D eigenvalue weighted by Gasteiger charge is -2.25. The molecule has 1 aromatic rings. The van der Waals surface area contributed by atoms with Crippen molar-refractivity contribution in [2.75, 3.05) is 18.1 Å². The van der Waals surface area contributed by atoms with Gasteiger partial charge < -0.3 is 27.0 Å². The lowest BCUT2D eigenvalue weighted by molar-refractivity contribution is -0.134. The van der Waals surface area contributed by atoms with Gasteiger partial charge in [-0.15, -0.1) is 0 Å². The van der Waals surface area contributed by atoms with Crippen LogP contribution in [0.2, 0.25) is 0 Å². The van der Waals surface area contributed by atoms with Crippen molar-refractivity contribution in [3.63, 3.8) is 0 Å². The lowest BCUT2D eigenvalue weighted by atomic mass is 10.0. The fourth-order valence-electron chi connectivity index (χ4n) is 4.20. The highest BCUT2D eigenvalue weighted by Crippen LogP contribution is 2.13. The third-order valence-corrected chi connectivity index (χ3v) is 7.44. The first-order valence-corrected chi connectivity index (χ1v) is 16.7. The van der Waals surface area contributed by atoms with Gasteiger partial charge in [-0.3, -0.25) is 28.8 Å². The lowest BCUT2D eigenvalue weighted by Crippen LogP contribution is -2.54. The zero-order chi connectivity index (χ0) is 33.6. The van der Waals surface area contributed by atoms with E-state index in [1.165, 1.54) is 0 Å². The number of carbonyl (C=O) groups is 6. The second-order valence-corrected chi connectivity index (χ2v) is 11.9. The Hall–Kier alpha value is -3.65. The van der Waals surface area contributed by atoms with E-state index in [9.17, 15) is 28.8 Å². The van der Waals surface area contributed by atoms with Crippen LogP contribution >= 0.6 is 11.8 Å². The van der Waals surface area contributed by atoms with Gasteiger partial charge in [0.2, 0.25) is 23.6 Å². The molecule has 0 fully saturated rings. The minimum atomic E-state index is -0.972. The van der Waals surface area contributed by atoms with Crippen molar-refractivity contribution < 1.29 is 33.6 Å². The molecule has 1 rings (SSSR count). The molecule has 0 aromatic heterocycles. The van der Waals surface area contributed by atoms with E-state index in [1.807, 2.05) is 0 Å². The molecule has 6 amide bonds. The Morgan fingerprint density at radius 2 is 1.53 bits per heavy atom.